The number of benzene rings is 1. The number of aliphatic hydroxyl groups is 1. The zero-order chi connectivity index (χ0) is 18.4. The number of Topliss-reactive ketones (excluding diaryl/α,β-unsaturated/α-hetero) is 1. The Kier molecular flexibility index (Phi) is 4.33. The van der Waals surface area contributed by atoms with Crippen molar-refractivity contribution in [3.8, 4) is 11.5 Å². The topological polar surface area (TPSA) is 81.8 Å². The van der Waals surface area contributed by atoms with Gasteiger partial charge in [-0.25, -0.2) is 0 Å². The van der Waals surface area contributed by atoms with E-state index in [9.17, 15) is 9.90 Å². The van der Waals surface area contributed by atoms with Crippen LogP contribution in [0.25, 0.3) is 0 Å². The van der Waals surface area contributed by atoms with Crippen molar-refractivity contribution in [2.45, 2.75) is 38.7 Å². The quantitative estimate of drug-likeness (QED) is 0.917. The monoisotopic (exact) mass is 345 g/mol. The van der Waals surface area contributed by atoms with Crippen LogP contribution < -0.4 is 9.47 Å². The van der Waals surface area contributed by atoms with Crippen LogP contribution in [-0.4, -0.2) is 35.9 Å². The number of ketones is 1. The van der Waals surface area contributed by atoms with Crippen LogP contribution in [0.1, 0.15) is 42.3 Å². The van der Waals surface area contributed by atoms with Crippen LogP contribution in [0, 0.1) is 12.8 Å². The van der Waals surface area contributed by atoms with Gasteiger partial charge in [0, 0.05) is 17.9 Å². The summed E-state index contributed by atoms with van der Waals surface area (Å²) in [5, 5.41) is 15.1. The van der Waals surface area contributed by atoms with Gasteiger partial charge < -0.3 is 19.1 Å². The summed E-state index contributed by atoms with van der Waals surface area (Å²) in [6.07, 6.45) is 0.285. The van der Waals surface area contributed by atoms with Crippen LogP contribution >= 0.6 is 0 Å². The van der Waals surface area contributed by atoms with Crippen molar-refractivity contribution in [2.24, 2.45) is 5.92 Å². The normalized spacial score (nSPS) is 25.4. The average molecular weight is 345 g/mol. The second-order valence-electron chi connectivity index (χ2n) is 6.81. The number of rotatable bonds is 4. The molecule has 1 aliphatic carbocycles. The van der Waals surface area contributed by atoms with Gasteiger partial charge >= 0.3 is 0 Å². The molecule has 1 aromatic heterocycles. The Balaban J connectivity index is 2.23. The molecule has 0 unspecified atom stereocenters. The third-order valence-electron chi connectivity index (χ3n) is 5.03. The Morgan fingerprint density at radius 3 is 2.60 bits per heavy atom. The third-order valence-corrected chi connectivity index (χ3v) is 5.03. The van der Waals surface area contributed by atoms with E-state index >= 15 is 0 Å². The lowest BCUT2D eigenvalue weighted by Crippen LogP contribution is -2.48. The van der Waals surface area contributed by atoms with Crippen molar-refractivity contribution in [1.82, 2.24) is 5.16 Å². The number of hydrogen-bond acceptors (Lipinski definition) is 6. The maximum atomic E-state index is 12.5. The van der Waals surface area contributed by atoms with Gasteiger partial charge in [-0.05, 0) is 38.5 Å². The van der Waals surface area contributed by atoms with Gasteiger partial charge in [0.1, 0.15) is 11.5 Å². The summed E-state index contributed by atoms with van der Waals surface area (Å²) in [5.74, 6) is 0.810. The largest absolute Gasteiger partial charge is 0.493 e. The van der Waals surface area contributed by atoms with Crippen LogP contribution in [0.2, 0.25) is 0 Å². The molecule has 3 atom stereocenters. The lowest BCUT2D eigenvalue weighted by molar-refractivity contribution is -0.130. The summed E-state index contributed by atoms with van der Waals surface area (Å²) in [6.45, 7) is 5.03. The molecule has 134 valence electrons. The molecule has 0 aliphatic heterocycles. The van der Waals surface area contributed by atoms with E-state index in [1.165, 1.54) is 6.92 Å². The maximum Gasteiger partial charge on any atom is 0.161 e. The SMILES string of the molecule is COc1ccc([C@@H]2c3c(noc3C)C[C@](C)(O)[C@@H]2C(C)=O)cc1OC. The van der Waals surface area contributed by atoms with Crippen molar-refractivity contribution < 1.29 is 23.9 Å². The van der Waals surface area contributed by atoms with Crippen molar-refractivity contribution in [2.75, 3.05) is 14.2 Å². The van der Waals surface area contributed by atoms with E-state index in [2.05, 4.69) is 5.16 Å². The fourth-order valence-electron chi connectivity index (χ4n) is 4.00. The Labute approximate surface area is 146 Å². The third kappa shape index (κ3) is 2.80. The highest BCUT2D eigenvalue weighted by Crippen LogP contribution is 2.48. The Morgan fingerprint density at radius 1 is 1.32 bits per heavy atom. The molecule has 1 aromatic carbocycles. The molecule has 1 N–H and O–H groups in total. The molecule has 0 saturated carbocycles. The molecule has 2 aromatic rings. The molecular formula is C19H23NO5. The first kappa shape index (κ1) is 17.5. The molecule has 1 heterocycles. The van der Waals surface area contributed by atoms with Gasteiger partial charge in [0.2, 0.25) is 0 Å². The highest BCUT2D eigenvalue weighted by Gasteiger charge is 2.49. The second kappa shape index (κ2) is 6.19. The van der Waals surface area contributed by atoms with Gasteiger partial charge in [-0.3, -0.25) is 4.79 Å². The first-order valence-electron chi connectivity index (χ1n) is 8.20. The summed E-state index contributed by atoms with van der Waals surface area (Å²) < 4.78 is 16.1. The summed E-state index contributed by atoms with van der Waals surface area (Å²) in [5.41, 5.74) is 1.21. The van der Waals surface area contributed by atoms with E-state index < -0.39 is 11.5 Å². The van der Waals surface area contributed by atoms with E-state index in [1.807, 2.05) is 19.1 Å². The average Bonchev–Trinajstić information content (AvgIpc) is 2.91. The van der Waals surface area contributed by atoms with Gasteiger partial charge in [0.15, 0.2) is 11.5 Å². The van der Waals surface area contributed by atoms with E-state index in [1.54, 1.807) is 27.2 Å². The van der Waals surface area contributed by atoms with Crippen LogP contribution in [0.15, 0.2) is 22.7 Å². The Bertz CT molecular complexity index is 808. The number of fused-ring (bicyclic) bond motifs is 1. The zero-order valence-corrected chi connectivity index (χ0v) is 15.1. The van der Waals surface area contributed by atoms with Gasteiger partial charge in [0.05, 0.1) is 31.4 Å². The first-order valence-corrected chi connectivity index (χ1v) is 8.20. The smallest absolute Gasteiger partial charge is 0.161 e. The number of hydrogen-bond donors (Lipinski definition) is 1. The highest BCUT2D eigenvalue weighted by molar-refractivity contribution is 5.82. The van der Waals surface area contributed by atoms with Gasteiger partial charge in [-0.2, -0.15) is 0 Å². The second-order valence-corrected chi connectivity index (χ2v) is 6.81. The number of carbonyl (C=O) groups excluding carboxylic acids is 1. The fourth-order valence-corrected chi connectivity index (χ4v) is 4.00. The highest BCUT2D eigenvalue weighted by atomic mass is 16.5. The van der Waals surface area contributed by atoms with E-state index in [4.69, 9.17) is 14.0 Å². The number of methoxy groups -OCH3 is 2. The van der Waals surface area contributed by atoms with Gasteiger partial charge in [0.25, 0.3) is 0 Å². The van der Waals surface area contributed by atoms with Crippen molar-refractivity contribution in [3.63, 3.8) is 0 Å². The molecular weight excluding hydrogens is 322 g/mol. The molecule has 3 rings (SSSR count). The van der Waals surface area contributed by atoms with Crippen molar-refractivity contribution in [1.29, 1.82) is 0 Å². The van der Waals surface area contributed by atoms with E-state index in [0.29, 0.717) is 23.0 Å². The molecule has 25 heavy (non-hydrogen) atoms. The molecule has 0 fully saturated rings. The standard InChI is InChI=1S/C19H23NO5/c1-10(21)18-17(12-6-7-14(23-4)15(8-12)24-5)16-11(2)25-20-13(16)9-19(18,3)22/h6-8,17-18,22H,9H2,1-5H3/t17-,18-,19+/m1/s1. The van der Waals surface area contributed by atoms with Crippen molar-refractivity contribution >= 4 is 5.78 Å². The molecule has 1 aliphatic rings. The van der Waals surface area contributed by atoms with E-state index in [-0.39, 0.29) is 18.1 Å². The summed E-state index contributed by atoms with van der Waals surface area (Å²) in [4.78, 5) is 12.5. The van der Waals surface area contributed by atoms with Crippen molar-refractivity contribution in [3.05, 3.63) is 40.8 Å². The summed E-state index contributed by atoms with van der Waals surface area (Å²) >= 11 is 0. The van der Waals surface area contributed by atoms with E-state index in [0.717, 1.165) is 11.1 Å². The minimum Gasteiger partial charge on any atom is -0.493 e. The fraction of sp³-hybridized carbons (Fsp3) is 0.474. The number of aromatic nitrogens is 1. The minimum atomic E-state index is -1.21. The van der Waals surface area contributed by atoms with Gasteiger partial charge in [-0.15, -0.1) is 0 Å². The lowest BCUT2D eigenvalue weighted by Gasteiger charge is -2.40. The number of ether oxygens (including phenoxy) is 2. The molecule has 0 spiro atoms. The molecule has 6 heteroatoms. The Morgan fingerprint density at radius 2 is 2.00 bits per heavy atom. The number of nitrogens with zero attached hydrogens (tertiary/aromatic N) is 1. The van der Waals surface area contributed by atoms with Crippen LogP contribution in [-0.2, 0) is 11.2 Å². The molecule has 0 bridgehead atoms. The van der Waals surface area contributed by atoms with Crippen LogP contribution in [0.3, 0.4) is 0 Å². The van der Waals surface area contributed by atoms with Gasteiger partial charge in [-0.1, -0.05) is 11.2 Å². The summed E-state index contributed by atoms with van der Waals surface area (Å²) in [7, 11) is 3.14. The zero-order valence-electron chi connectivity index (χ0n) is 15.1. The number of carbonyl (C=O) groups is 1. The first-order chi connectivity index (χ1) is 11.8. The molecule has 0 saturated heterocycles. The molecule has 0 amide bonds. The molecule has 6 nitrogen and oxygen atoms in total. The van der Waals surface area contributed by atoms with Crippen LogP contribution in [0.5, 0.6) is 11.5 Å². The molecule has 0 radical (unpaired) electrons. The number of aryl methyl sites for hydroxylation is 1. The minimum absolute atomic E-state index is 0.0731. The maximum absolute atomic E-state index is 12.5. The predicted octanol–water partition coefficient (Wildman–Crippen LogP) is 2.64. The van der Waals surface area contributed by atoms with Crippen LogP contribution in [0.4, 0.5) is 0 Å². The lowest BCUT2D eigenvalue weighted by atomic mass is 9.64. The Hall–Kier alpha value is -2.34. The summed E-state index contributed by atoms with van der Waals surface area (Å²) in [6, 6.07) is 5.54. The predicted molar refractivity (Wildman–Crippen MR) is 91.1 cm³/mol.